The quantitative estimate of drug-likeness (QED) is 0.603. The van der Waals surface area contributed by atoms with E-state index in [1.165, 1.54) is 12.1 Å². The highest BCUT2D eigenvalue weighted by molar-refractivity contribution is 7.92. The summed E-state index contributed by atoms with van der Waals surface area (Å²) < 4.78 is 27.7. The SMILES string of the molecule is Cc1nc(Nc2ccc(NS(=O)(=O)c3ccc(C)c(Cl)c3)cc2)cc(N(C)C)n1. The molecule has 1 heterocycles. The third-order valence-corrected chi connectivity index (χ3v) is 5.93. The van der Waals surface area contributed by atoms with Gasteiger partial charge in [-0.05, 0) is 55.8 Å². The molecular weight excluding hydrogens is 410 g/mol. The Bertz CT molecular complexity index is 1130. The lowest BCUT2D eigenvalue weighted by molar-refractivity contribution is 0.601. The van der Waals surface area contributed by atoms with Crippen molar-refractivity contribution < 1.29 is 8.42 Å². The first kappa shape index (κ1) is 20.9. The molecule has 0 saturated carbocycles. The maximum Gasteiger partial charge on any atom is 0.261 e. The molecular formula is C20H22ClN5O2S. The van der Waals surface area contributed by atoms with Crippen molar-refractivity contribution in [1.82, 2.24) is 9.97 Å². The van der Waals surface area contributed by atoms with Crippen molar-refractivity contribution in [2.24, 2.45) is 0 Å². The van der Waals surface area contributed by atoms with Gasteiger partial charge in [-0.2, -0.15) is 0 Å². The van der Waals surface area contributed by atoms with Crippen LogP contribution in [0.4, 0.5) is 23.0 Å². The van der Waals surface area contributed by atoms with E-state index in [0.29, 0.717) is 22.4 Å². The van der Waals surface area contributed by atoms with Crippen molar-refractivity contribution in [1.29, 1.82) is 0 Å². The van der Waals surface area contributed by atoms with Gasteiger partial charge in [-0.15, -0.1) is 0 Å². The summed E-state index contributed by atoms with van der Waals surface area (Å²) in [6.45, 7) is 3.64. The van der Waals surface area contributed by atoms with E-state index >= 15 is 0 Å². The third kappa shape index (κ3) is 5.16. The lowest BCUT2D eigenvalue weighted by atomic mass is 10.2. The van der Waals surface area contributed by atoms with E-state index in [0.717, 1.165) is 17.1 Å². The molecule has 1 aromatic heterocycles. The first-order chi connectivity index (χ1) is 13.6. The highest BCUT2D eigenvalue weighted by Crippen LogP contribution is 2.24. The second-order valence-corrected chi connectivity index (χ2v) is 8.86. The fourth-order valence-electron chi connectivity index (χ4n) is 2.57. The maximum absolute atomic E-state index is 12.6. The number of nitrogens with one attached hydrogen (secondary N) is 2. The number of halogens is 1. The normalized spacial score (nSPS) is 11.2. The minimum atomic E-state index is -3.73. The molecule has 0 spiro atoms. The molecule has 2 N–H and O–H groups in total. The Kier molecular flexibility index (Phi) is 5.95. The molecule has 0 aliphatic heterocycles. The molecule has 0 aliphatic rings. The first-order valence-electron chi connectivity index (χ1n) is 8.83. The molecule has 3 aromatic rings. The summed E-state index contributed by atoms with van der Waals surface area (Å²) in [6.07, 6.45) is 0. The van der Waals surface area contributed by atoms with Crippen LogP contribution in [0.2, 0.25) is 5.02 Å². The van der Waals surface area contributed by atoms with E-state index < -0.39 is 10.0 Å². The van der Waals surface area contributed by atoms with Crippen molar-refractivity contribution in [3.8, 4) is 0 Å². The molecule has 0 atom stereocenters. The summed E-state index contributed by atoms with van der Waals surface area (Å²) in [7, 11) is 0.0947. The molecule has 7 nitrogen and oxygen atoms in total. The third-order valence-electron chi connectivity index (χ3n) is 4.15. The predicted octanol–water partition coefficient (Wildman–Crippen LogP) is 4.36. The van der Waals surface area contributed by atoms with Gasteiger partial charge in [-0.25, -0.2) is 18.4 Å². The van der Waals surface area contributed by atoms with Gasteiger partial charge in [-0.1, -0.05) is 17.7 Å². The van der Waals surface area contributed by atoms with Crippen LogP contribution in [-0.4, -0.2) is 32.5 Å². The van der Waals surface area contributed by atoms with Crippen molar-refractivity contribution in [2.75, 3.05) is 29.0 Å². The van der Waals surface area contributed by atoms with Gasteiger partial charge in [0, 0.05) is 36.6 Å². The highest BCUT2D eigenvalue weighted by atomic mass is 35.5. The molecule has 3 rings (SSSR count). The molecule has 0 amide bonds. The molecule has 0 aliphatic carbocycles. The average Bonchev–Trinajstić information content (AvgIpc) is 2.64. The van der Waals surface area contributed by atoms with Gasteiger partial charge in [0.2, 0.25) is 0 Å². The summed E-state index contributed by atoms with van der Waals surface area (Å²) in [5, 5.41) is 3.61. The zero-order valence-electron chi connectivity index (χ0n) is 16.6. The largest absolute Gasteiger partial charge is 0.363 e. The molecule has 0 radical (unpaired) electrons. The van der Waals surface area contributed by atoms with Crippen molar-refractivity contribution in [2.45, 2.75) is 18.7 Å². The number of aryl methyl sites for hydroxylation is 2. The van der Waals surface area contributed by atoms with Crippen LogP contribution in [0.15, 0.2) is 53.4 Å². The number of rotatable bonds is 6. The van der Waals surface area contributed by atoms with E-state index in [1.54, 1.807) is 30.3 Å². The summed E-state index contributed by atoms with van der Waals surface area (Å²) in [4.78, 5) is 10.7. The van der Waals surface area contributed by atoms with Crippen LogP contribution >= 0.6 is 11.6 Å². The van der Waals surface area contributed by atoms with Gasteiger partial charge in [0.1, 0.15) is 17.5 Å². The number of aromatic nitrogens is 2. The van der Waals surface area contributed by atoms with Crippen LogP contribution in [0.3, 0.4) is 0 Å². The van der Waals surface area contributed by atoms with Gasteiger partial charge >= 0.3 is 0 Å². The summed E-state index contributed by atoms with van der Waals surface area (Å²) in [6, 6.07) is 13.4. The Morgan fingerprint density at radius 2 is 1.59 bits per heavy atom. The van der Waals surface area contributed by atoms with E-state index in [4.69, 9.17) is 11.6 Å². The lowest BCUT2D eigenvalue weighted by Crippen LogP contribution is -2.13. The van der Waals surface area contributed by atoms with Crippen molar-refractivity contribution >= 4 is 44.6 Å². The average molecular weight is 432 g/mol. The van der Waals surface area contributed by atoms with Crippen molar-refractivity contribution in [3.05, 3.63) is 64.9 Å². The van der Waals surface area contributed by atoms with Gasteiger partial charge in [-0.3, -0.25) is 4.72 Å². The number of hydrogen-bond donors (Lipinski definition) is 2. The molecule has 29 heavy (non-hydrogen) atoms. The Labute approximate surface area is 175 Å². The Morgan fingerprint density at radius 1 is 0.931 bits per heavy atom. The number of hydrogen-bond acceptors (Lipinski definition) is 6. The van der Waals surface area contributed by atoms with E-state index in [1.807, 2.05) is 38.9 Å². The van der Waals surface area contributed by atoms with Crippen LogP contribution < -0.4 is 14.9 Å². The second kappa shape index (κ2) is 8.26. The van der Waals surface area contributed by atoms with E-state index in [2.05, 4.69) is 20.0 Å². The zero-order chi connectivity index (χ0) is 21.2. The Hall–Kier alpha value is -2.84. The van der Waals surface area contributed by atoms with E-state index in [9.17, 15) is 8.42 Å². The number of nitrogens with zero attached hydrogens (tertiary/aromatic N) is 3. The molecule has 0 unspecified atom stereocenters. The number of sulfonamides is 1. The second-order valence-electron chi connectivity index (χ2n) is 6.77. The first-order valence-corrected chi connectivity index (χ1v) is 10.7. The zero-order valence-corrected chi connectivity index (χ0v) is 18.1. The Balaban J connectivity index is 1.76. The fourth-order valence-corrected chi connectivity index (χ4v) is 3.90. The van der Waals surface area contributed by atoms with Crippen molar-refractivity contribution in [3.63, 3.8) is 0 Å². The lowest BCUT2D eigenvalue weighted by Gasteiger charge is -2.14. The van der Waals surface area contributed by atoms with Crippen LogP contribution in [0.25, 0.3) is 0 Å². The number of benzene rings is 2. The summed E-state index contributed by atoms with van der Waals surface area (Å²) in [5.41, 5.74) is 2.03. The fraction of sp³-hybridized carbons (Fsp3) is 0.200. The smallest absolute Gasteiger partial charge is 0.261 e. The highest BCUT2D eigenvalue weighted by Gasteiger charge is 2.15. The molecule has 2 aromatic carbocycles. The van der Waals surface area contributed by atoms with E-state index in [-0.39, 0.29) is 4.90 Å². The number of anilines is 4. The standard InChI is InChI=1S/C20H22ClN5O2S/c1-13-5-10-17(11-18(13)21)29(27,28)25-16-8-6-15(7-9-16)24-19-12-20(26(3)4)23-14(2)22-19/h5-12,25H,1-4H3,(H,22,23,24). The monoisotopic (exact) mass is 431 g/mol. The molecule has 0 saturated heterocycles. The van der Waals surface area contributed by atoms with Gasteiger partial charge in [0.25, 0.3) is 10.0 Å². The topological polar surface area (TPSA) is 87.2 Å². The summed E-state index contributed by atoms with van der Waals surface area (Å²) in [5.74, 6) is 2.10. The minimum absolute atomic E-state index is 0.114. The van der Waals surface area contributed by atoms with Crippen LogP contribution in [-0.2, 0) is 10.0 Å². The Morgan fingerprint density at radius 3 is 2.21 bits per heavy atom. The van der Waals surface area contributed by atoms with Crippen LogP contribution in [0, 0.1) is 13.8 Å². The minimum Gasteiger partial charge on any atom is -0.363 e. The molecule has 0 bridgehead atoms. The van der Waals surface area contributed by atoms with Crippen LogP contribution in [0.5, 0.6) is 0 Å². The van der Waals surface area contributed by atoms with Gasteiger partial charge in [0.05, 0.1) is 4.90 Å². The van der Waals surface area contributed by atoms with Gasteiger partial charge < -0.3 is 10.2 Å². The molecule has 152 valence electrons. The van der Waals surface area contributed by atoms with Crippen LogP contribution in [0.1, 0.15) is 11.4 Å². The van der Waals surface area contributed by atoms with Gasteiger partial charge in [0.15, 0.2) is 0 Å². The maximum atomic E-state index is 12.6. The predicted molar refractivity (Wildman–Crippen MR) is 118 cm³/mol. The molecule has 9 heteroatoms. The molecule has 0 fully saturated rings. The summed E-state index contributed by atoms with van der Waals surface area (Å²) >= 11 is 6.05.